The Morgan fingerprint density at radius 2 is 2.05 bits per heavy atom. The van der Waals surface area contributed by atoms with E-state index in [0.29, 0.717) is 0 Å². The summed E-state index contributed by atoms with van der Waals surface area (Å²) in [6.07, 6.45) is 0. The molecule has 0 saturated carbocycles. The van der Waals surface area contributed by atoms with Gasteiger partial charge in [-0.3, -0.25) is 0 Å². The molecule has 0 spiro atoms. The van der Waals surface area contributed by atoms with E-state index in [1.165, 1.54) is 23.5 Å². The predicted octanol–water partition coefficient (Wildman–Crippen LogP) is 3.33. The molecule has 2 N–H and O–H groups in total. The molecule has 1 heterocycles. The molecule has 0 aliphatic carbocycles. The molecule has 2 aromatic rings. The van der Waals surface area contributed by atoms with Crippen LogP contribution in [0.5, 0.6) is 0 Å². The van der Waals surface area contributed by atoms with Crippen LogP contribution in [0.25, 0.3) is 0 Å². The van der Waals surface area contributed by atoms with Gasteiger partial charge in [-0.15, -0.1) is 11.3 Å². The maximum absolute atomic E-state index is 12.3. The maximum Gasteiger partial charge on any atom is 0.242 e. The largest absolute Gasteiger partial charge is 0.392 e. The second kappa shape index (κ2) is 6.64. The van der Waals surface area contributed by atoms with Gasteiger partial charge in [0.2, 0.25) is 10.0 Å². The third-order valence-corrected chi connectivity index (χ3v) is 6.16. The first-order chi connectivity index (χ1) is 9.85. The van der Waals surface area contributed by atoms with Gasteiger partial charge in [0.1, 0.15) is 4.90 Å². The molecule has 0 aliphatic heterocycles. The normalized spacial score (nSPS) is 11.8. The summed E-state index contributed by atoms with van der Waals surface area (Å²) in [5.74, 6) is 0. The summed E-state index contributed by atoms with van der Waals surface area (Å²) in [5, 5.41) is 11.3. The maximum atomic E-state index is 12.3. The monoisotopic (exact) mass is 365 g/mol. The van der Waals surface area contributed by atoms with Gasteiger partial charge in [-0.1, -0.05) is 23.2 Å². The van der Waals surface area contributed by atoms with Crippen molar-refractivity contribution in [2.45, 2.75) is 25.0 Å². The van der Waals surface area contributed by atoms with E-state index in [9.17, 15) is 13.5 Å². The molecular weight excluding hydrogens is 353 g/mol. The highest BCUT2D eigenvalue weighted by Crippen LogP contribution is 2.29. The van der Waals surface area contributed by atoms with Crippen LogP contribution in [0, 0.1) is 6.92 Å². The van der Waals surface area contributed by atoms with Gasteiger partial charge in [0.25, 0.3) is 0 Å². The van der Waals surface area contributed by atoms with Crippen molar-refractivity contribution in [2.75, 3.05) is 0 Å². The Balaban J connectivity index is 2.32. The van der Waals surface area contributed by atoms with Crippen molar-refractivity contribution in [3.05, 3.63) is 49.6 Å². The van der Waals surface area contributed by atoms with Crippen molar-refractivity contribution in [1.29, 1.82) is 0 Å². The highest BCUT2D eigenvalue weighted by Gasteiger charge is 2.21. The second-order valence-corrected chi connectivity index (χ2v) is 7.94. The standard InChI is InChI=1S/C13H13Cl2NO3S2/c1-8-2-3-20-11(8)6-16-21(18,19)12-5-10(14)4-9(7-17)13(12)15/h2-5,16-17H,6-7H2,1H3. The highest BCUT2D eigenvalue weighted by atomic mass is 35.5. The Morgan fingerprint density at radius 3 is 2.62 bits per heavy atom. The van der Waals surface area contributed by atoms with Gasteiger partial charge in [-0.05, 0) is 41.6 Å². The lowest BCUT2D eigenvalue weighted by molar-refractivity contribution is 0.281. The lowest BCUT2D eigenvalue weighted by Gasteiger charge is -2.11. The first-order valence-electron chi connectivity index (χ1n) is 5.96. The molecule has 0 radical (unpaired) electrons. The molecule has 21 heavy (non-hydrogen) atoms. The zero-order chi connectivity index (χ0) is 15.6. The SMILES string of the molecule is Cc1ccsc1CNS(=O)(=O)c1cc(Cl)cc(CO)c1Cl. The van der Waals surface area contributed by atoms with Gasteiger partial charge >= 0.3 is 0 Å². The van der Waals surface area contributed by atoms with Crippen LogP contribution in [0.15, 0.2) is 28.5 Å². The van der Waals surface area contributed by atoms with E-state index >= 15 is 0 Å². The summed E-state index contributed by atoms with van der Waals surface area (Å²) in [4.78, 5) is 0.800. The van der Waals surface area contributed by atoms with Crippen LogP contribution in [0.4, 0.5) is 0 Å². The van der Waals surface area contributed by atoms with Crippen LogP contribution in [-0.4, -0.2) is 13.5 Å². The summed E-state index contributed by atoms with van der Waals surface area (Å²) in [6, 6.07) is 4.63. The fourth-order valence-corrected chi connectivity index (χ4v) is 4.61. The number of rotatable bonds is 5. The summed E-state index contributed by atoms with van der Waals surface area (Å²) >= 11 is 13.4. The summed E-state index contributed by atoms with van der Waals surface area (Å²) in [7, 11) is -3.81. The smallest absolute Gasteiger partial charge is 0.242 e. The summed E-state index contributed by atoms with van der Waals surface area (Å²) in [5.41, 5.74) is 1.30. The number of halogens is 2. The molecule has 114 valence electrons. The van der Waals surface area contributed by atoms with Crippen LogP contribution < -0.4 is 4.72 Å². The van der Waals surface area contributed by atoms with Gasteiger partial charge in [0.05, 0.1) is 11.6 Å². The van der Waals surface area contributed by atoms with Gasteiger partial charge < -0.3 is 5.11 Å². The van der Waals surface area contributed by atoms with Crippen molar-refractivity contribution in [2.24, 2.45) is 0 Å². The van der Waals surface area contributed by atoms with Gasteiger partial charge in [-0.25, -0.2) is 13.1 Å². The minimum atomic E-state index is -3.81. The number of aliphatic hydroxyl groups excluding tert-OH is 1. The van der Waals surface area contributed by atoms with Crippen molar-refractivity contribution >= 4 is 44.6 Å². The van der Waals surface area contributed by atoms with Crippen LogP contribution in [0.3, 0.4) is 0 Å². The number of thiophene rings is 1. The molecular formula is C13H13Cl2NO3S2. The third kappa shape index (κ3) is 3.77. The molecule has 4 nitrogen and oxygen atoms in total. The number of hydrogen-bond donors (Lipinski definition) is 2. The molecule has 0 unspecified atom stereocenters. The number of sulfonamides is 1. The predicted molar refractivity (Wildman–Crippen MR) is 85.5 cm³/mol. The Labute approximate surface area is 137 Å². The van der Waals surface area contributed by atoms with E-state index in [-0.39, 0.29) is 33.7 Å². The third-order valence-electron chi connectivity index (χ3n) is 2.93. The number of hydrogen-bond acceptors (Lipinski definition) is 4. The number of aliphatic hydroxyl groups is 1. The molecule has 0 saturated heterocycles. The van der Waals surface area contributed by atoms with Crippen LogP contribution >= 0.6 is 34.5 Å². The lowest BCUT2D eigenvalue weighted by Crippen LogP contribution is -2.23. The lowest BCUT2D eigenvalue weighted by atomic mass is 10.2. The zero-order valence-electron chi connectivity index (χ0n) is 11.1. The molecule has 0 atom stereocenters. The molecule has 8 heteroatoms. The number of nitrogens with one attached hydrogen (secondary N) is 1. The molecule has 0 bridgehead atoms. The highest BCUT2D eigenvalue weighted by molar-refractivity contribution is 7.89. The van der Waals surface area contributed by atoms with Crippen molar-refractivity contribution in [3.63, 3.8) is 0 Å². The molecule has 0 amide bonds. The van der Waals surface area contributed by atoms with E-state index in [1.807, 2.05) is 18.4 Å². The molecule has 0 fully saturated rings. The Hall–Kier alpha value is -0.630. The topological polar surface area (TPSA) is 66.4 Å². The molecule has 0 aliphatic rings. The summed E-state index contributed by atoms with van der Waals surface area (Å²) < 4.78 is 27.2. The Morgan fingerprint density at radius 1 is 1.33 bits per heavy atom. The molecule has 1 aromatic carbocycles. The van der Waals surface area contributed by atoms with E-state index in [1.54, 1.807) is 0 Å². The molecule has 2 rings (SSSR count). The minimum Gasteiger partial charge on any atom is -0.392 e. The van der Waals surface area contributed by atoms with E-state index in [2.05, 4.69) is 4.72 Å². The Bertz CT molecular complexity index is 757. The van der Waals surface area contributed by atoms with Crippen LogP contribution in [-0.2, 0) is 23.2 Å². The number of benzene rings is 1. The number of aryl methyl sites for hydroxylation is 1. The minimum absolute atomic E-state index is 0.0164. The van der Waals surface area contributed by atoms with Crippen molar-refractivity contribution < 1.29 is 13.5 Å². The Kier molecular flexibility index (Phi) is 5.29. The van der Waals surface area contributed by atoms with Crippen LogP contribution in [0.2, 0.25) is 10.0 Å². The first-order valence-corrected chi connectivity index (χ1v) is 9.08. The zero-order valence-corrected chi connectivity index (χ0v) is 14.2. The van der Waals surface area contributed by atoms with E-state index in [4.69, 9.17) is 23.2 Å². The fraction of sp³-hybridized carbons (Fsp3) is 0.231. The van der Waals surface area contributed by atoms with Gasteiger partial charge in [0.15, 0.2) is 0 Å². The van der Waals surface area contributed by atoms with E-state index < -0.39 is 10.0 Å². The fourth-order valence-electron chi connectivity index (χ4n) is 1.75. The van der Waals surface area contributed by atoms with Crippen LogP contribution in [0.1, 0.15) is 16.0 Å². The van der Waals surface area contributed by atoms with Gasteiger partial charge in [0, 0.05) is 16.4 Å². The average molecular weight is 366 g/mol. The van der Waals surface area contributed by atoms with Gasteiger partial charge in [-0.2, -0.15) is 0 Å². The quantitative estimate of drug-likeness (QED) is 0.853. The van der Waals surface area contributed by atoms with E-state index in [0.717, 1.165) is 10.4 Å². The average Bonchev–Trinajstić information content (AvgIpc) is 2.84. The first kappa shape index (κ1) is 16.7. The van der Waals surface area contributed by atoms with Crippen molar-refractivity contribution in [1.82, 2.24) is 4.72 Å². The van der Waals surface area contributed by atoms with Crippen molar-refractivity contribution in [3.8, 4) is 0 Å². The second-order valence-electron chi connectivity index (χ2n) is 4.39. The molecule has 1 aromatic heterocycles. The summed E-state index contributed by atoms with van der Waals surface area (Å²) in [6.45, 7) is 1.71.